The third kappa shape index (κ3) is 2.31. The Morgan fingerprint density at radius 2 is 1.84 bits per heavy atom. The van der Waals surface area contributed by atoms with Crippen molar-refractivity contribution in [1.82, 2.24) is 9.55 Å². The fourth-order valence-corrected chi connectivity index (χ4v) is 2.15. The van der Waals surface area contributed by atoms with Crippen molar-refractivity contribution in [2.24, 2.45) is 0 Å². The molecule has 1 aliphatic heterocycles. The van der Waals surface area contributed by atoms with E-state index in [4.69, 9.17) is 0 Å². The average molecular weight is 257 g/mol. The summed E-state index contributed by atoms with van der Waals surface area (Å²) < 4.78 is 1.22. The van der Waals surface area contributed by atoms with Crippen molar-refractivity contribution < 1.29 is 0 Å². The van der Waals surface area contributed by atoms with E-state index in [1.54, 1.807) is 0 Å². The summed E-state index contributed by atoms with van der Waals surface area (Å²) in [6.07, 6.45) is 1.11. The number of anilines is 1. The van der Waals surface area contributed by atoms with Crippen LogP contribution in [0.25, 0.3) is 0 Å². The van der Waals surface area contributed by atoms with Gasteiger partial charge in [-0.15, -0.1) is 0 Å². The lowest BCUT2D eigenvalue weighted by molar-refractivity contribution is 0.598. The van der Waals surface area contributed by atoms with Crippen LogP contribution in [-0.4, -0.2) is 22.6 Å². The van der Waals surface area contributed by atoms with Gasteiger partial charge in [-0.1, -0.05) is 30.3 Å². The van der Waals surface area contributed by atoms with Crippen molar-refractivity contribution in [2.75, 3.05) is 18.0 Å². The van der Waals surface area contributed by atoms with E-state index >= 15 is 0 Å². The highest BCUT2D eigenvalue weighted by atomic mass is 16.2. The molecule has 98 valence electrons. The maximum Gasteiger partial charge on any atom is 0.330 e. The molecule has 5 heteroatoms. The highest BCUT2D eigenvalue weighted by molar-refractivity contribution is 5.39. The second-order valence-electron chi connectivity index (χ2n) is 4.71. The van der Waals surface area contributed by atoms with Crippen molar-refractivity contribution in [3.8, 4) is 0 Å². The monoisotopic (exact) mass is 257 g/mol. The van der Waals surface area contributed by atoms with Crippen molar-refractivity contribution in [3.05, 3.63) is 62.8 Å². The lowest BCUT2D eigenvalue weighted by Crippen LogP contribution is -2.42. The fourth-order valence-electron chi connectivity index (χ4n) is 2.15. The Hall–Kier alpha value is -2.30. The Labute approximate surface area is 110 Å². The third-order valence-electron chi connectivity index (χ3n) is 3.39. The van der Waals surface area contributed by atoms with Gasteiger partial charge >= 0.3 is 5.69 Å². The highest BCUT2D eigenvalue weighted by Gasteiger charge is 2.16. The topological polar surface area (TPSA) is 58.1 Å². The molecule has 1 N–H and O–H groups in total. The number of benzene rings is 1. The standard InChI is InChI=1S/C14H15N3O2/c18-13-9-12(16-7-4-8-16)15-14(19)17(13)10-11-5-2-1-3-6-11/h1-3,5-6,9H,4,7-8,10H2,(H,15,19). The van der Waals surface area contributed by atoms with Gasteiger partial charge in [-0.3, -0.25) is 14.3 Å². The maximum absolute atomic E-state index is 12.0. The van der Waals surface area contributed by atoms with Crippen LogP contribution in [0.4, 0.5) is 5.82 Å². The quantitative estimate of drug-likeness (QED) is 0.884. The molecule has 1 aromatic carbocycles. The first kappa shape index (κ1) is 11.8. The smallest absolute Gasteiger partial charge is 0.330 e. The van der Waals surface area contributed by atoms with Gasteiger partial charge in [-0.2, -0.15) is 0 Å². The summed E-state index contributed by atoms with van der Waals surface area (Å²) in [6, 6.07) is 11.0. The number of hydrogen-bond donors (Lipinski definition) is 1. The Morgan fingerprint density at radius 1 is 1.11 bits per heavy atom. The molecule has 2 heterocycles. The van der Waals surface area contributed by atoms with Crippen molar-refractivity contribution >= 4 is 5.82 Å². The first-order chi connectivity index (χ1) is 9.24. The molecule has 0 saturated carbocycles. The molecular formula is C14H15N3O2. The van der Waals surface area contributed by atoms with E-state index in [0.29, 0.717) is 12.4 Å². The van der Waals surface area contributed by atoms with E-state index in [-0.39, 0.29) is 11.2 Å². The Balaban J connectivity index is 1.94. The number of aromatic nitrogens is 2. The summed E-state index contributed by atoms with van der Waals surface area (Å²) in [4.78, 5) is 28.8. The molecule has 0 radical (unpaired) electrons. The molecule has 0 bridgehead atoms. The first-order valence-corrected chi connectivity index (χ1v) is 6.37. The zero-order valence-corrected chi connectivity index (χ0v) is 10.5. The minimum absolute atomic E-state index is 0.255. The Kier molecular flexibility index (Phi) is 2.95. The van der Waals surface area contributed by atoms with Crippen LogP contribution < -0.4 is 16.1 Å². The molecule has 0 spiro atoms. The second kappa shape index (κ2) is 4.76. The van der Waals surface area contributed by atoms with Gasteiger partial charge < -0.3 is 4.90 Å². The van der Waals surface area contributed by atoms with E-state index in [1.807, 2.05) is 35.2 Å². The van der Waals surface area contributed by atoms with Gasteiger partial charge in [0.1, 0.15) is 5.82 Å². The van der Waals surface area contributed by atoms with E-state index in [0.717, 1.165) is 25.1 Å². The predicted molar refractivity (Wildman–Crippen MR) is 73.7 cm³/mol. The Bertz CT molecular complexity index is 653. The normalized spacial score (nSPS) is 14.2. The summed E-state index contributed by atoms with van der Waals surface area (Å²) >= 11 is 0. The molecule has 1 fully saturated rings. The van der Waals surface area contributed by atoms with E-state index in [9.17, 15) is 9.59 Å². The summed E-state index contributed by atoms with van der Waals surface area (Å²) in [5, 5.41) is 0. The number of nitrogens with zero attached hydrogens (tertiary/aromatic N) is 2. The summed E-state index contributed by atoms with van der Waals surface area (Å²) in [6.45, 7) is 2.10. The number of rotatable bonds is 3. The number of hydrogen-bond acceptors (Lipinski definition) is 3. The molecule has 5 nitrogen and oxygen atoms in total. The Morgan fingerprint density at radius 3 is 2.42 bits per heavy atom. The van der Waals surface area contributed by atoms with Gasteiger partial charge in [0.25, 0.3) is 5.56 Å². The lowest BCUT2D eigenvalue weighted by Gasteiger charge is -2.32. The SMILES string of the molecule is O=c1cc(N2CCC2)[nH]c(=O)n1Cc1ccccc1. The van der Waals surface area contributed by atoms with Crippen LogP contribution in [0.15, 0.2) is 46.0 Å². The summed E-state index contributed by atoms with van der Waals surface area (Å²) in [7, 11) is 0. The lowest BCUT2D eigenvalue weighted by atomic mass is 10.2. The molecule has 0 amide bonds. The van der Waals surface area contributed by atoms with Crippen LogP contribution >= 0.6 is 0 Å². The molecule has 0 atom stereocenters. The molecule has 3 rings (SSSR count). The summed E-state index contributed by atoms with van der Waals surface area (Å²) in [5.74, 6) is 0.630. The second-order valence-corrected chi connectivity index (χ2v) is 4.71. The van der Waals surface area contributed by atoms with E-state index in [1.165, 1.54) is 10.6 Å². The van der Waals surface area contributed by atoms with Crippen LogP contribution in [0, 0.1) is 0 Å². The molecule has 1 saturated heterocycles. The van der Waals surface area contributed by atoms with Crippen LogP contribution in [0.2, 0.25) is 0 Å². The van der Waals surface area contributed by atoms with Crippen molar-refractivity contribution in [1.29, 1.82) is 0 Å². The number of aromatic amines is 1. The molecule has 1 aromatic heterocycles. The number of nitrogens with one attached hydrogen (secondary N) is 1. The summed E-state index contributed by atoms with van der Waals surface area (Å²) in [5.41, 5.74) is 0.333. The van der Waals surface area contributed by atoms with Gasteiger partial charge in [0.15, 0.2) is 0 Å². The minimum atomic E-state index is -0.349. The maximum atomic E-state index is 12.0. The van der Waals surface area contributed by atoms with Crippen LogP contribution in [-0.2, 0) is 6.54 Å². The van der Waals surface area contributed by atoms with Crippen LogP contribution in [0.1, 0.15) is 12.0 Å². The largest absolute Gasteiger partial charge is 0.358 e. The fraction of sp³-hybridized carbons (Fsp3) is 0.286. The molecule has 0 aliphatic carbocycles. The van der Waals surface area contributed by atoms with Gasteiger partial charge in [-0.05, 0) is 12.0 Å². The van der Waals surface area contributed by atoms with Crippen molar-refractivity contribution in [2.45, 2.75) is 13.0 Å². The molecular weight excluding hydrogens is 242 g/mol. The highest BCUT2D eigenvalue weighted by Crippen LogP contribution is 2.14. The molecule has 2 aromatic rings. The van der Waals surface area contributed by atoms with E-state index < -0.39 is 0 Å². The average Bonchev–Trinajstić information content (AvgIpc) is 2.33. The van der Waals surface area contributed by atoms with Crippen LogP contribution in [0.5, 0.6) is 0 Å². The molecule has 0 unspecified atom stereocenters. The molecule has 19 heavy (non-hydrogen) atoms. The zero-order valence-electron chi connectivity index (χ0n) is 10.5. The predicted octanol–water partition coefficient (Wildman–Crippen LogP) is 0.795. The first-order valence-electron chi connectivity index (χ1n) is 6.37. The number of H-pyrrole nitrogens is 1. The van der Waals surface area contributed by atoms with Gasteiger partial charge in [0, 0.05) is 19.2 Å². The molecule has 1 aliphatic rings. The minimum Gasteiger partial charge on any atom is -0.358 e. The van der Waals surface area contributed by atoms with Gasteiger partial charge in [0.2, 0.25) is 0 Å². The van der Waals surface area contributed by atoms with Crippen LogP contribution in [0.3, 0.4) is 0 Å². The third-order valence-corrected chi connectivity index (χ3v) is 3.39. The van der Waals surface area contributed by atoms with Gasteiger partial charge in [-0.25, -0.2) is 4.79 Å². The zero-order chi connectivity index (χ0) is 13.2. The van der Waals surface area contributed by atoms with Crippen molar-refractivity contribution in [3.63, 3.8) is 0 Å². The van der Waals surface area contributed by atoms with E-state index in [2.05, 4.69) is 4.98 Å². The van der Waals surface area contributed by atoms with Gasteiger partial charge in [0.05, 0.1) is 6.54 Å².